The largest absolute Gasteiger partial charge is 0.714 e. The molecule has 17 nitrogen and oxygen atoms in total. The summed E-state index contributed by atoms with van der Waals surface area (Å²) < 4.78 is 12.7. The number of benzene rings is 2. The molecule has 17 heteroatoms. The van der Waals surface area contributed by atoms with Crippen LogP contribution >= 0.6 is 0 Å². The lowest BCUT2D eigenvalue weighted by Crippen LogP contribution is -2.53. The summed E-state index contributed by atoms with van der Waals surface area (Å²) in [5.74, 6) is 0.332. The van der Waals surface area contributed by atoms with E-state index >= 15 is 0 Å². The molecular formula is C46H71N7O10. The summed E-state index contributed by atoms with van der Waals surface area (Å²) >= 11 is 0. The fraction of sp³-hybridized carbons (Fsp3) is 0.609. The molecule has 2 aliphatic rings. The number of Topliss-reactive ketones (excluding diaryl/α,β-unsaturated/α-hetero) is 2. The number of amides is 2. The molecule has 0 bridgehead atoms. The minimum Gasteiger partial charge on any atom is -0.714 e. The predicted molar refractivity (Wildman–Crippen MR) is 240 cm³/mol. The van der Waals surface area contributed by atoms with Crippen LogP contribution in [0.25, 0.3) is 0 Å². The summed E-state index contributed by atoms with van der Waals surface area (Å²) in [7, 11) is 1.87. The maximum absolute atomic E-state index is 12.8. The molecule has 0 aliphatic carbocycles. The molecule has 0 aromatic heterocycles. The van der Waals surface area contributed by atoms with Gasteiger partial charge in [0.2, 0.25) is 0 Å². The number of rotatable bonds is 21. The van der Waals surface area contributed by atoms with Gasteiger partial charge in [0.15, 0.2) is 35.9 Å². The van der Waals surface area contributed by atoms with Gasteiger partial charge in [0, 0.05) is 0 Å². The monoisotopic (exact) mass is 882 g/mol. The quantitative estimate of drug-likeness (QED) is 0.0612. The third-order valence-corrected chi connectivity index (χ3v) is 12.7. The molecule has 0 spiro atoms. The fourth-order valence-corrected chi connectivity index (χ4v) is 6.90. The van der Waals surface area contributed by atoms with Crippen molar-refractivity contribution in [1.29, 1.82) is 0 Å². The molecule has 0 saturated carbocycles. The number of nitrogens with one attached hydrogen (secondary N) is 3. The second-order valence-electron chi connectivity index (χ2n) is 18.3. The molecule has 0 fully saturated rings. The number of unbranched alkanes of at least 4 members (excludes halogenated alkanes) is 3. The van der Waals surface area contributed by atoms with Gasteiger partial charge < -0.3 is 35.8 Å². The number of hydroxylamine groups is 6. The zero-order valence-electron chi connectivity index (χ0n) is 39.3. The Labute approximate surface area is 372 Å². The van der Waals surface area contributed by atoms with E-state index in [0.29, 0.717) is 35.5 Å². The molecule has 2 aliphatic heterocycles. The third-order valence-electron chi connectivity index (χ3n) is 12.7. The van der Waals surface area contributed by atoms with Gasteiger partial charge in [-0.1, -0.05) is 26.2 Å². The Bertz CT molecular complexity index is 1960. The first-order chi connectivity index (χ1) is 29.4. The molecule has 350 valence electrons. The number of nitrogens with zero attached hydrogens (tertiary/aromatic N) is 4. The Morgan fingerprint density at radius 3 is 1.27 bits per heavy atom. The Hall–Kier alpha value is -5.26. The Morgan fingerprint density at radius 1 is 0.635 bits per heavy atom. The van der Waals surface area contributed by atoms with E-state index in [0.717, 1.165) is 58.3 Å². The van der Waals surface area contributed by atoms with Gasteiger partial charge in [-0.25, -0.2) is 10.4 Å². The van der Waals surface area contributed by atoms with Crippen LogP contribution in [-0.2, 0) is 19.2 Å². The van der Waals surface area contributed by atoms with Gasteiger partial charge in [0.1, 0.15) is 22.6 Å². The van der Waals surface area contributed by atoms with Crippen LogP contribution in [0.4, 0.5) is 0 Å². The first-order valence-electron chi connectivity index (χ1n) is 21.7. The normalized spacial score (nSPS) is 18.0. The molecular weight excluding hydrogens is 811 g/mol. The summed E-state index contributed by atoms with van der Waals surface area (Å²) in [4.78, 5) is 48.0. The van der Waals surface area contributed by atoms with Crippen molar-refractivity contribution in [2.75, 3.05) is 26.8 Å². The molecule has 2 aromatic rings. The Balaban J connectivity index is 0.000000335. The van der Waals surface area contributed by atoms with E-state index in [1.54, 1.807) is 104 Å². The minimum atomic E-state index is -0.829. The fourth-order valence-electron chi connectivity index (χ4n) is 6.90. The SMILES string of the molecule is CCCCC[C@H](NC(=O)COc1ccc(C2=[N+]([O-])C(C)(C)C(C)(C)N2O)cc1)C(C)=O.CNCCCC[C@H](NC(=O)COc1ccc(C2=[N+]([O-])C(C)(C)C(C)(C)N2O)cc1)C(C)=O. The van der Waals surface area contributed by atoms with E-state index in [2.05, 4.69) is 22.9 Å². The number of ketones is 2. The van der Waals surface area contributed by atoms with Crippen LogP contribution in [0.1, 0.15) is 132 Å². The van der Waals surface area contributed by atoms with Crippen molar-refractivity contribution >= 4 is 35.1 Å². The van der Waals surface area contributed by atoms with E-state index in [1.165, 1.54) is 13.8 Å². The van der Waals surface area contributed by atoms with Crippen molar-refractivity contribution in [3.8, 4) is 11.5 Å². The number of carbonyl (C=O) groups excluding carboxylic acids is 4. The highest BCUT2D eigenvalue weighted by Gasteiger charge is 2.60. The molecule has 63 heavy (non-hydrogen) atoms. The second kappa shape index (κ2) is 21.9. The zero-order chi connectivity index (χ0) is 47.5. The van der Waals surface area contributed by atoms with Crippen LogP contribution in [0.2, 0.25) is 0 Å². The van der Waals surface area contributed by atoms with Gasteiger partial charge in [-0.05, 0) is 157 Å². The van der Waals surface area contributed by atoms with Crippen molar-refractivity contribution < 1.29 is 48.5 Å². The van der Waals surface area contributed by atoms with E-state index in [4.69, 9.17) is 9.47 Å². The van der Waals surface area contributed by atoms with Gasteiger partial charge in [0.25, 0.3) is 11.8 Å². The molecule has 4 rings (SSSR count). The first kappa shape index (κ1) is 52.1. The molecule has 5 N–H and O–H groups in total. The summed E-state index contributed by atoms with van der Waals surface area (Å²) in [6.07, 6.45) is 5.92. The zero-order valence-corrected chi connectivity index (χ0v) is 39.3. The van der Waals surface area contributed by atoms with Crippen LogP contribution in [0.15, 0.2) is 48.5 Å². The average molecular weight is 882 g/mol. The van der Waals surface area contributed by atoms with Gasteiger partial charge in [-0.2, -0.15) is 0 Å². The lowest BCUT2D eigenvalue weighted by Gasteiger charge is -2.33. The van der Waals surface area contributed by atoms with Crippen molar-refractivity contribution in [3.63, 3.8) is 0 Å². The lowest BCUT2D eigenvalue weighted by atomic mass is 9.84. The van der Waals surface area contributed by atoms with Crippen LogP contribution in [0.3, 0.4) is 0 Å². The molecule has 0 saturated heterocycles. The molecule has 0 radical (unpaired) electrons. The number of hydrogen-bond acceptors (Lipinski definition) is 13. The Morgan fingerprint density at radius 2 is 0.984 bits per heavy atom. The van der Waals surface area contributed by atoms with Crippen molar-refractivity contribution in [3.05, 3.63) is 70.1 Å². The highest BCUT2D eigenvalue weighted by molar-refractivity contribution is 5.97. The van der Waals surface area contributed by atoms with Gasteiger partial charge in [-0.3, -0.25) is 28.7 Å². The lowest BCUT2D eigenvalue weighted by molar-refractivity contribution is -0.539. The standard InChI is InChI=1S/C23H36N4O5.C23H35N3O5/c1-16(28)19(9-7-8-14-24-6)25-20(29)15-32-18-12-10-17(11-13-18)21-26(30)22(2,3)23(4,5)27(21)31;1-7-8-9-10-19(16(2)27)24-20(28)15-31-18-13-11-17(12-14-18)21-25(29)22(3,4)23(5,6)26(21)30/h10-13,19,24,30H,7-9,14-15H2,1-6H3,(H,25,29);11-14,19,29H,7-10,15H2,1-6H3,(H,24,28)/t2*19-/m00/s1. The van der Waals surface area contributed by atoms with Gasteiger partial charge in [-0.15, -0.1) is 10.1 Å². The summed E-state index contributed by atoms with van der Waals surface area (Å²) in [5, 5.41) is 57.2. The van der Waals surface area contributed by atoms with E-state index in [9.17, 15) is 40.0 Å². The number of hydrogen-bond donors (Lipinski definition) is 5. The van der Waals surface area contributed by atoms with E-state index in [-0.39, 0.29) is 48.3 Å². The predicted octanol–water partition coefficient (Wildman–Crippen LogP) is 5.29. The second-order valence-corrected chi connectivity index (χ2v) is 18.3. The molecule has 2 amide bonds. The first-order valence-corrected chi connectivity index (χ1v) is 21.7. The van der Waals surface area contributed by atoms with Crippen molar-refractivity contribution in [2.24, 2.45) is 0 Å². The maximum atomic E-state index is 12.8. The molecule has 2 atom stereocenters. The number of amidine groups is 2. The Kier molecular flexibility index (Phi) is 18.1. The summed E-state index contributed by atoms with van der Waals surface area (Å²) in [6.45, 7) is 19.8. The van der Waals surface area contributed by atoms with Crippen molar-refractivity contribution in [2.45, 2.75) is 155 Å². The highest BCUT2D eigenvalue weighted by atomic mass is 16.5. The summed E-state index contributed by atoms with van der Waals surface area (Å²) in [5.41, 5.74) is -2.13. The maximum Gasteiger partial charge on any atom is 0.313 e. The highest BCUT2D eigenvalue weighted by Crippen LogP contribution is 2.38. The number of ether oxygens (including phenoxy) is 2. The van der Waals surface area contributed by atoms with Gasteiger partial charge >= 0.3 is 11.7 Å². The van der Waals surface area contributed by atoms with Crippen LogP contribution in [0, 0.1) is 10.4 Å². The average Bonchev–Trinajstić information content (AvgIpc) is 3.43. The summed E-state index contributed by atoms with van der Waals surface area (Å²) in [6, 6.07) is 12.2. The number of carbonyl (C=O) groups is 4. The van der Waals surface area contributed by atoms with E-state index < -0.39 is 34.2 Å². The molecule has 2 aromatic carbocycles. The molecule has 0 unspecified atom stereocenters. The van der Waals surface area contributed by atoms with Gasteiger partial charge in [0.05, 0.1) is 23.2 Å². The van der Waals surface area contributed by atoms with Crippen molar-refractivity contribution in [1.82, 2.24) is 26.1 Å². The van der Waals surface area contributed by atoms with Crippen LogP contribution in [0.5, 0.6) is 11.5 Å². The molecule has 2 heterocycles. The smallest absolute Gasteiger partial charge is 0.313 e. The van der Waals surface area contributed by atoms with Crippen LogP contribution in [-0.4, -0.2) is 126 Å². The topological polar surface area (TPSA) is 222 Å². The van der Waals surface area contributed by atoms with Crippen LogP contribution < -0.4 is 25.4 Å². The minimum absolute atomic E-state index is 0.0658. The third kappa shape index (κ3) is 12.3. The van der Waals surface area contributed by atoms with E-state index in [1.807, 2.05) is 7.05 Å².